The van der Waals surface area contributed by atoms with Crippen LogP contribution in [0.25, 0.3) is 0 Å². The van der Waals surface area contributed by atoms with Crippen LogP contribution in [0.15, 0.2) is 30.3 Å². The third-order valence-electron chi connectivity index (χ3n) is 3.32. The van der Waals surface area contributed by atoms with Crippen LogP contribution in [-0.4, -0.2) is 16.7 Å². The molecule has 2 nitrogen and oxygen atoms in total. The van der Waals surface area contributed by atoms with Crippen molar-refractivity contribution >= 4 is 0 Å². The Labute approximate surface area is 91.3 Å². The van der Waals surface area contributed by atoms with Crippen LogP contribution < -0.4 is 5.32 Å². The first-order valence-corrected chi connectivity index (χ1v) is 5.68. The molecule has 82 valence electrons. The van der Waals surface area contributed by atoms with Gasteiger partial charge in [-0.25, -0.2) is 0 Å². The first-order chi connectivity index (χ1) is 7.18. The van der Waals surface area contributed by atoms with Crippen molar-refractivity contribution in [1.82, 2.24) is 5.32 Å². The number of rotatable bonds is 3. The summed E-state index contributed by atoms with van der Waals surface area (Å²) in [6.07, 6.45) is 3.12. The van der Waals surface area contributed by atoms with E-state index >= 15 is 0 Å². The fourth-order valence-corrected chi connectivity index (χ4v) is 2.31. The quantitative estimate of drug-likeness (QED) is 0.792. The molecule has 0 radical (unpaired) electrons. The second-order valence-electron chi connectivity index (χ2n) is 4.67. The highest BCUT2D eigenvalue weighted by Crippen LogP contribution is 2.29. The average Bonchev–Trinajstić information content (AvgIpc) is 2.56. The molecule has 0 aromatic heterocycles. The minimum Gasteiger partial charge on any atom is -0.389 e. The second kappa shape index (κ2) is 4.33. The Kier molecular flexibility index (Phi) is 3.08. The third kappa shape index (κ3) is 2.58. The molecule has 0 spiro atoms. The average molecular weight is 205 g/mol. The molecule has 0 heterocycles. The lowest BCUT2D eigenvalue weighted by atomic mass is 10.0. The van der Waals surface area contributed by atoms with Gasteiger partial charge in [-0.2, -0.15) is 0 Å². The van der Waals surface area contributed by atoms with Gasteiger partial charge >= 0.3 is 0 Å². The van der Waals surface area contributed by atoms with Crippen LogP contribution >= 0.6 is 0 Å². The molecule has 1 fully saturated rings. The summed E-state index contributed by atoms with van der Waals surface area (Å²) >= 11 is 0. The first kappa shape index (κ1) is 10.7. The second-order valence-corrected chi connectivity index (χ2v) is 4.67. The van der Waals surface area contributed by atoms with Gasteiger partial charge in [0, 0.05) is 12.6 Å². The highest BCUT2D eigenvalue weighted by molar-refractivity contribution is 5.14. The number of aliphatic hydroxyl groups is 1. The van der Waals surface area contributed by atoms with Gasteiger partial charge in [-0.15, -0.1) is 0 Å². The zero-order valence-electron chi connectivity index (χ0n) is 9.24. The van der Waals surface area contributed by atoms with Crippen LogP contribution in [0.1, 0.15) is 31.7 Å². The highest BCUT2D eigenvalue weighted by atomic mass is 16.3. The van der Waals surface area contributed by atoms with E-state index in [1.165, 1.54) is 5.56 Å². The van der Waals surface area contributed by atoms with E-state index in [1.807, 2.05) is 25.1 Å². The molecule has 1 saturated carbocycles. The molecule has 2 unspecified atom stereocenters. The summed E-state index contributed by atoms with van der Waals surface area (Å²) in [4.78, 5) is 0. The van der Waals surface area contributed by atoms with Crippen LogP contribution in [0.2, 0.25) is 0 Å². The molecule has 1 aliphatic rings. The van der Waals surface area contributed by atoms with Crippen molar-refractivity contribution < 1.29 is 5.11 Å². The maximum absolute atomic E-state index is 10.1. The van der Waals surface area contributed by atoms with Gasteiger partial charge in [0.15, 0.2) is 0 Å². The smallest absolute Gasteiger partial charge is 0.0772 e. The van der Waals surface area contributed by atoms with E-state index in [0.29, 0.717) is 0 Å². The maximum Gasteiger partial charge on any atom is 0.0772 e. The van der Waals surface area contributed by atoms with Gasteiger partial charge in [-0.1, -0.05) is 30.3 Å². The van der Waals surface area contributed by atoms with Gasteiger partial charge in [0.05, 0.1) is 5.60 Å². The third-order valence-corrected chi connectivity index (χ3v) is 3.32. The SMILES string of the molecule is CC1(O)CCCC1NCc1ccccc1. The van der Waals surface area contributed by atoms with Crippen molar-refractivity contribution in [2.45, 2.75) is 44.4 Å². The minimum atomic E-state index is -0.519. The van der Waals surface area contributed by atoms with E-state index in [2.05, 4.69) is 17.4 Å². The topological polar surface area (TPSA) is 32.3 Å². The van der Waals surface area contributed by atoms with E-state index < -0.39 is 5.60 Å². The Morgan fingerprint density at radius 1 is 1.40 bits per heavy atom. The molecule has 1 aromatic rings. The molecule has 15 heavy (non-hydrogen) atoms. The molecule has 0 saturated heterocycles. The Balaban J connectivity index is 1.89. The summed E-state index contributed by atoms with van der Waals surface area (Å²) in [6.45, 7) is 2.78. The van der Waals surface area contributed by atoms with Crippen LogP contribution in [0.5, 0.6) is 0 Å². The molecule has 2 N–H and O–H groups in total. The molecular formula is C13H19NO. The zero-order valence-corrected chi connectivity index (χ0v) is 9.24. The van der Waals surface area contributed by atoms with E-state index in [1.54, 1.807) is 0 Å². The van der Waals surface area contributed by atoms with E-state index in [-0.39, 0.29) is 6.04 Å². The summed E-state index contributed by atoms with van der Waals surface area (Å²) < 4.78 is 0. The first-order valence-electron chi connectivity index (χ1n) is 5.68. The highest BCUT2D eigenvalue weighted by Gasteiger charge is 2.35. The molecule has 2 heteroatoms. The summed E-state index contributed by atoms with van der Waals surface area (Å²) in [5.74, 6) is 0. The number of benzene rings is 1. The summed E-state index contributed by atoms with van der Waals surface area (Å²) in [5.41, 5.74) is 0.759. The van der Waals surface area contributed by atoms with Gasteiger partial charge < -0.3 is 10.4 Å². The van der Waals surface area contributed by atoms with E-state index in [4.69, 9.17) is 0 Å². The fraction of sp³-hybridized carbons (Fsp3) is 0.538. The van der Waals surface area contributed by atoms with Crippen LogP contribution in [0, 0.1) is 0 Å². The number of hydrogen-bond donors (Lipinski definition) is 2. The lowest BCUT2D eigenvalue weighted by Crippen LogP contribution is -2.44. The fourth-order valence-electron chi connectivity index (χ4n) is 2.31. The molecule has 2 rings (SSSR count). The molecule has 0 bridgehead atoms. The minimum absolute atomic E-state index is 0.248. The molecule has 0 aliphatic heterocycles. The lowest BCUT2D eigenvalue weighted by molar-refractivity contribution is 0.0387. The molecule has 1 aromatic carbocycles. The molecular weight excluding hydrogens is 186 g/mol. The van der Waals surface area contributed by atoms with Gasteiger partial charge in [0.25, 0.3) is 0 Å². The molecule has 2 atom stereocenters. The Hall–Kier alpha value is -0.860. The van der Waals surface area contributed by atoms with Crippen molar-refractivity contribution in [2.24, 2.45) is 0 Å². The van der Waals surface area contributed by atoms with Crippen LogP contribution in [0.4, 0.5) is 0 Å². The van der Waals surface area contributed by atoms with E-state index in [0.717, 1.165) is 25.8 Å². The van der Waals surface area contributed by atoms with Gasteiger partial charge in [-0.05, 0) is 31.7 Å². The monoisotopic (exact) mass is 205 g/mol. The van der Waals surface area contributed by atoms with E-state index in [9.17, 15) is 5.11 Å². The van der Waals surface area contributed by atoms with Gasteiger partial charge in [-0.3, -0.25) is 0 Å². The number of hydrogen-bond acceptors (Lipinski definition) is 2. The zero-order chi connectivity index (χ0) is 10.7. The Morgan fingerprint density at radius 3 is 2.73 bits per heavy atom. The van der Waals surface area contributed by atoms with Gasteiger partial charge in [0.1, 0.15) is 0 Å². The van der Waals surface area contributed by atoms with Crippen molar-refractivity contribution in [3.05, 3.63) is 35.9 Å². The normalized spacial score (nSPS) is 30.7. The lowest BCUT2D eigenvalue weighted by Gasteiger charge is -2.26. The Morgan fingerprint density at radius 2 is 2.13 bits per heavy atom. The van der Waals surface area contributed by atoms with Crippen LogP contribution in [0.3, 0.4) is 0 Å². The largest absolute Gasteiger partial charge is 0.389 e. The standard InChI is InChI=1S/C13H19NO/c1-13(15)9-5-8-12(13)14-10-11-6-3-2-4-7-11/h2-4,6-7,12,14-15H,5,8-10H2,1H3. The van der Waals surface area contributed by atoms with Gasteiger partial charge in [0.2, 0.25) is 0 Å². The van der Waals surface area contributed by atoms with Crippen molar-refractivity contribution in [3.8, 4) is 0 Å². The summed E-state index contributed by atoms with van der Waals surface area (Å²) in [7, 11) is 0. The van der Waals surface area contributed by atoms with Crippen molar-refractivity contribution in [2.75, 3.05) is 0 Å². The maximum atomic E-state index is 10.1. The Bertz CT molecular complexity index is 308. The van der Waals surface area contributed by atoms with Crippen molar-refractivity contribution in [1.29, 1.82) is 0 Å². The summed E-state index contributed by atoms with van der Waals surface area (Å²) in [5, 5.41) is 13.5. The predicted octanol–water partition coefficient (Wildman–Crippen LogP) is 2.08. The predicted molar refractivity (Wildman–Crippen MR) is 61.5 cm³/mol. The number of nitrogens with one attached hydrogen (secondary N) is 1. The molecule has 1 aliphatic carbocycles. The summed E-state index contributed by atoms with van der Waals surface area (Å²) in [6, 6.07) is 10.6. The van der Waals surface area contributed by atoms with Crippen LogP contribution in [-0.2, 0) is 6.54 Å². The van der Waals surface area contributed by atoms with Crippen molar-refractivity contribution in [3.63, 3.8) is 0 Å². The molecule has 0 amide bonds.